The van der Waals surface area contributed by atoms with E-state index in [0.29, 0.717) is 26.2 Å². The molecule has 29 heavy (non-hydrogen) atoms. The number of benzene rings is 1. The van der Waals surface area contributed by atoms with E-state index in [-0.39, 0.29) is 29.7 Å². The number of anilines is 1. The van der Waals surface area contributed by atoms with Gasteiger partial charge >= 0.3 is 6.18 Å². The highest BCUT2D eigenvalue weighted by Gasteiger charge is 2.48. The number of piperazine rings is 1. The van der Waals surface area contributed by atoms with E-state index in [1.165, 1.54) is 6.07 Å². The molecule has 0 spiro atoms. The van der Waals surface area contributed by atoms with Crippen LogP contribution in [0.5, 0.6) is 0 Å². The summed E-state index contributed by atoms with van der Waals surface area (Å²) in [6, 6.07) is 3.71. The molecule has 0 atom stereocenters. The average Bonchev–Trinajstić information content (AvgIpc) is 2.54. The molecule has 6 nitrogen and oxygen atoms in total. The maximum absolute atomic E-state index is 13.3. The predicted octanol–water partition coefficient (Wildman–Crippen LogP) is 2.49. The first-order chi connectivity index (χ1) is 13.4. The molecule has 0 aromatic heterocycles. The van der Waals surface area contributed by atoms with Crippen LogP contribution in [0.15, 0.2) is 18.2 Å². The zero-order chi connectivity index (χ0) is 21.8. The van der Waals surface area contributed by atoms with Crippen molar-refractivity contribution in [2.75, 3.05) is 44.6 Å². The van der Waals surface area contributed by atoms with Crippen molar-refractivity contribution < 1.29 is 27.2 Å². The van der Waals surface area contributed by atoms with E-state index >= 15 is 0 Å². The van der Waals surface area contributed by atoms with Crippen molar-refractivity contribution in [1.82, 2.24) is 15.1 Å². The number of hydrogen-bond donors (Lipinski definition) is 2. The van der Waals surface area contributed by atoms with Crippen molar-refractivity contribution in [3.05, 3.63) is 29.0 Å². The molecule has 0 radical (unpaired) electrons. The SMILES string of the molecule is CC(C)(NC(=O)CN1CCN(CC(=O)Nc2cc(F)cc(Cl)c2)CC1)C(F)(F)F. The zero-order valence-corrected chi connectivity index (χ0v) is 16.8. The van der Waals surface area contributed by atoms with Gasteiger partial charge in [0, 0.05) is 36.9 Å². The highest BCUT2D eigenvalue weighted by Crippen LogP contribution is 2.29. The number of halogens is 5. The second kappa shape index (κ2) is 9.27. The minimum absolute atomic E-state index is 0.0648. The average molecular weight is 439 g/mol. The molecule has 0 aliphatic carbocycles. The summed E-state index contributed by atoms with van der Waals surface area (Å²) in [5.41, 5.74) is -2.05. The topological polar surface area (TPSA) is 64.7 Å². The van der Waals surface area contributed by atoms with Crippen LogP contribution in [-0.4, -0.2) is 72.6 Å². The van der Waals surface area contributed by atoms with Gasteiger partial charge in [0.1, 0.15) is 11.4 Å². The summed E-state index contributed by atoms with van der Waals surface area (Å²) in [6.45, 7) is 3.52. The molecule has 1 aromatic carbocycles. The third-order valence-corrected chi connectivity index (χ3v) is 4.72. The van der Waals surface area contributed by atoms with Gasteiger partial charge in [-0.15, -0.1) is 0 Å². The Labute approximate surface area is 171 Å². The third kappa shape index (κ3) is 7.13. The first-order valence-electron chi connectivity index (χ1n) is 8.94. The lowest BCUT2D eigenvalue weighted by atomic mass is 10.1. The molecule has 0 unspecified atom stereocenters. The van der Waals surface area contributed by atoms with Gasteiger partial charge in [-0.3, -0.25) is 19.4 Å². The molecule has 1 aliphatic rings. The van der Waals surface area contributed by atoms with Gasteiger partial charge in [-0.25, -0.2) is 4.39 Å². The molecule has 1 heterocycles. The van der Waals surface area contributed by atoms with Gasteiger partial charge in [-0.2, -0.15) is 13.2 Å². The monoisotopic (exact) mass is 438 g/mol. The summed E-state index contributed by atoms with van der Waals surface area (Å²) in [7, 11) is 0. The molecule has 0 saturated carbocycles. The minimum Gasteiger partial charge on any atom is -0.341 e. The minimum atomic E-state index is -4.54. The summed E-state index contributed by atoms with van der Waals surface area (Å²) < 4.78 is 51.8. The summed E-state index contributed by atoms with van der Waals surface area (Å²) in [5.74, 6) is -1.61. The van der Waals surface area contributed by atoms with E-state index in [1.54, 1.807) is 4.90 Å². The number of hydrogen-bond acceptors (Lipinski definition) is 4. The summed E-state index contributed by atoms with van der Waals surface area (Å²) in [4.78, 5) is 27.6. The van der Waals surface area contributed by atoms with Crippen LogP contribution in [0, 0.1) is 5.82 Å². The van der Waals surface area contributed by atoms with Crippen LogP contribution < -0.4 is 10.6 Å². The number of rotatable bonds is 6. The van der Waals surface area contributed by atoms with Crippen LogP contribution in [0.3, 0.4) is 0 Å². The molecule has 2 amide bonds. The molecule has 0 bridgehead atoms. The van der Waals surface area contributed by atoms with Crippen LogP contribution in [0.25, 0.3) is 0 Å². The molecule has 11 heteroatoms. The number of carbonyl (C=O) groups excluding carboxylic acids is 2. The van der Waals surface area contributed by atoms with Crippen molar-refractivity contribution in [1.29, 1.82) is 0 Å². The highest BCUT2D eigenvalue weighted by molar-refractivity contribution is 6.30. The van der Waals surface area contributed by atoms with Crippen LogP contribution >= 0.6 is 11.6 Å². The van der Waals surface area contributed by atoms with Crippen molar-refractivity contribution in [3.8, 4) is 0 Å². The lowest BCUT2D eigenvalue weighted by Gasteiger charge is -2.35. The summed E-state index contributed by atoms with van der Waals surface area (Å²) in [5, 5.41) is 4.73. The quantitative estimate of drug-likeness (QED) is 0.670. The molecule has 2 rings (SSSR count). The van der Waals surface area contributed by atoms with Crippen LogP contribution in [0.2, 0.25) is 5.02 Å². The maximum Gasteiger partial charge on any atom is 0.410 e. The third-order valence-electron chi connectivity index (χ3n) is 4.51. The summed E-state index contributed by atoms with van der Waals surface area (Å²) >= 11 is 5.75. The first kappa shape index (κ1) is 23.4. The Bertz CT molecular complexity index is 730. The molecule has 1 aromatic rings. The number of alkyl halides is 3. The molecule has 1 saturated heterocycles. The van der Waals surface area contributed by atoms with Crippen LogP contribution in [0.4, 0.5) is 23.2 Å². The Kier molecular flexibility index (Phi) is 7.47. The van der Waals surface area contributed by atoms with Crippen molar-refractivity contribution >= 4 is 29.1 Å². The Balaban J connectivity index is 1.76. The Morgan fingerprint density at radius 3 is 2.00 bits per heavy atom. The number of carbonyl (C=O) groups is 2. The highest BCUT2D eigenvalue weighted by atomic mass is 35.5. The van der Waals surface area contributed by atoms with E-state index < -0.39 is 23.4 Å². The standard InChI is InChI=1S/C18H23ClF4N4O2/c1-17(2,18(21,22)23)25-16(29)11-27-5-3-26(4-6-27)10-15(28)24-14-8-12(19)7-13(20)9-14/h7-9H,3-6,10-11H2,1-2H3,(H,24,28)(H,25,29). The van der Waals surface area contributed by atoms with Crippen molar-refractivity contribution in [2.24, 2.45) is 0 Å². The fourth-order valence-corrected chi connectivity index (χ4v) is 3.02. The largest absolute Gasteiger partial charge is 0.410 e. The van der Waals surface area contributed by atoms with Gasteiger partial charge in [0.15, 0.2) is 0 Å². The normalized spacial score (nSPS) is 16.5. The maximum atomic E-state index is 13.3. The molecular formula is C18H23ClF4N4O2. The predicted molar refractivity (Wildman–Crippen MR) is 101 cm³/mol. The van der Waals surface area contributed by atoms with Gasteiger partial charge in [-0.05, 0) is 32.0 Å². The second-order valence-electron chi connectivity index (χ2n) is 7.43. The Morgan fingerprint density at radius 1 is 1.00 bits per heavy atom. The van der Waals surface area contributed by atoms with E-state index in [9.17, 15) is 27.2 Å². The van der Waals surface area contributed by atoms with Crippen molar-refractivity contribution in [3.63, 3.8) is 0 Å². The van der Waals surface area contributed by atoms with Gasteiger partial charge in [-0.1, -0.05) is 11.6 Å². The molecular weight excluding hydrogens is 416 g/mol. The molecule has 1 aliphatic heterocycles. The number of amides is 2. The van der Waals surface area contributed by atoms with E-state index in [0.717, 1.165) is 26.0 Å². The fraction of sp³-hybridized carbons (Fsp3) is 0.556. The van der Waals surface area contributed by atoms with Crippen LogP contribution in [0.1, 0.15) is 13.8 Å². The van der Waals surface area contributed by atoms with Gasteiger partial charge in [0.05, 0.1) is 13.1 Å². The Morgan fingerprint density at radius 2 is 1.52 bits per heavy atom. The number of nitrogens with zero attached hydrogens (tertiary/aromatic N) is 2. The van der Waals surface area contributed by atoms with Gasteiger partial charge in [0.25, 0.3) is 0 Å². The number of nitrogens with one attached hydrogen (secondary N) is 2. The zero-order valence-electron chi connectivity index (χ0n) is 16.1. The van der Waals surface area contributed by atoms with E-state index in [1.807, 2.05) is 10.2 Å². The smallest absolute Gasteiger partial charge is 0.341 e. The Hall–Kier alpha value is -1.91. The van der Waals surface area contributed by atoms with Gasteiger partial charge < -0.3 is 10.6 Å². The van der Waals surface area contributed by atoms with Crippen molar-refractivity contribution in [2.45, 2.75) is 25.6 Å². The molecule has 2 N–H and O–H groups in total. The van der Waals surface area contributed by atoms with E-state index in [4.69, 9.17) is 11.6 Å². The van der Waals surface area contributed by atoms with Gasteiger partial charge in [0.2, 0.25) is 11.8 Å². The molecule has 1 fully saturated rings. The lowest BCUT2D eigenvalue weighted by molar-refractivity contribution is -0.188. The summed E-state index contributed by atoms with van der Waals surface area (Å²) in [6.07, 6.45) is -4.54. The second-order valence-corrected chi connectivity index (χ2v) is 7.87. The molecule has 162 valence electrons. The first-order valence-corrected chi connectivity index (χ1v) is 9.32. The van der Waals surface area contributed by atoms with E-state index in [2.05, 4.69) is 5.32 Å². The lowest BCUT2D eigenvalue weighted by Crippen LogP contribution is -2.57. The van der Waals surface area contributed by atoms with Crippen LogP contribution in [-0.2, 0) is 9.59 Å². The fourth-order valence-electron chi connectivity index (χ4n) is 2.80.